The number of likely N-dealkylation sites (tertiary alicyclic amines) is 1. The molecular weight excluding hydrogens is 532 g/mol. The molecule has 0 bridgehead atoms. The monoisotopic (exact) mass is 566 g/mol. The molecule has 1 saturated heterocycles. The summed E-state index contributed by atoms with van der Waals surface area (Å²) >= 11 is 5.99. The maximum atomic E-state index is 13.4. The summed E-state index contributed by atoms with van der Waals surface area (Å²) in [5.41, 5.74) is 5.77. The molecule has 3 aromatic carbocycles. The molecule has 2 fully saturated rings. The van der Waals surface area contributed by atoms with Crippen molar-refractivity contribution in [2.75, 3.05) is 18.4 Å². The van der Waals surface area contributed by atoms with Crippen LogP contribution in [0.5, 0.6) is 0 Å². The van der Waals surface area contributed by atoms with Crippen LogP contribution in [0.1, 0.15) is 54.4 Å². The van der Waals surface area contributed by atoms with Crippen molar-refractivity contribution in [3.8, 4) is 11.1 Å². The largest absolute Gasteiger partial charge is 0.349 e. The Kier molecular flexibility index (Phi) is 8.31. The number of fused-ring (bicyclic) bond motifs is 1. The Morgan fingerprint density at radius 1 is 0.878 bits per heavy atom. The molecule has 0 radical (unpaired) electrons. The standard InChI is InChI=1S/C34H35ClN4O2/c35-32-18-14-24-21-25(13-17-30(24)37-32)33(40)38-31-10-4-3-9-29(31)34(41)36-27-15-11-23(12-16-27)28-8-2-1-7-26(28)22-39-19-5-6-20-39/h1-2,7-8,11-18,21,29,31H,3-6,9-10,19-20,22H2,(H,36,41)(H,38,40)/t29-,31+/m0/s1. The Labute approximate surface area is 246 Å². The van der Waals surface area contributed by atoms with Crippen LogP contribution in [0, 0.1) is 5.92 Å². The summed E-state index contributed by atoms with van der Waals surface area (Å²) < 4.78 is 0. The fraction of sp³-hybridized carbons (Fsp3) is 0.324. The number of carbonyl (C=O) groups is 2. The van der Waals surface area contributed by atoms with E-state index in [0.717, 1.165) is 67.5 Å². The lowest BCUT2D eigenvalue weighted by atomic mass is 9.83. The van der Waals surface area contributed by atoms with E-state index in [1.807, 2.05) is 24.3 Å². The van der Waals surface area contributed by atoms with Crippen LogP contribution in [0.15, 0.2) is 78.9 Å². The van der Waals surface area contributed by atoms with Crippen molar-refractivity contribution in [1.82, 2.24) is 15.2 Å². The maximum Gasteiger partial charge on any atom is 0.251 e. The summed E-state index contributed by atoms with van der Waals surface area (Å²) in [7, 11) is 0. The first-order valence-corrected chi connectivity index (χ1v) is 15.0. The molecular formula is C34H35ClN4O2. The van der Waals surface area contributed by atoms with Crippen LogP contribution in [-0.4, -0.2) is 40.8 Å². The van der Waals surface area contributed by atoms with Gasteiger partial charge in [0.1, 0.15) is 5.15 Å². The molecule has 1 aliphatic heterocycles. The normalized spacial score (nSPS) is 19.2. The number of nitrogens with one attached hydrogen (secondary N) is 2. The quantitative estimate of drug-likeness (QED) is 0.234. The number of pyridine rings is 1. The zero-order valence-corrected chi connectivity index (χ0v) is 23.9. The number of anilines is 1. The SMILES string of the molecule is O=C(N[C@@H]1CCCC[C@@H]1C(=O)Nc1ccc(-c2ccccc2CN2CCCC2)cc1)c1ccc2nc(Cl)ccc2c1. The second-order valence-electron chi connectivity index (χ2n) is 11.2. The maximum absolute atomic E-state index is 13.4. The molecule has 1 saturated carbocycles. The van der Waals surface area contributed by atoms with Gasteiger partial charge in [-0.3, -0.25) is 14.5 Å². The molecule has 6 rings (SSSR count). The molecule has 2 atom stereocenters. The number of halogens is 1. The zero-order chi connectivity index (χ0) is 28.2. The minimum Gasteiger partial charge on any atom is -0.349 e. The van der Waals surface area contributed by atoms with Crippen LogP contribution in [0.25, 0.3) is 22.0 Å². The first-order valence-electron chi connectivity index (χ1n) is 14.6. The first kappa shape index (κ1) is 27.4. The summed E-state index contributed by atoms with van der Waals surface area (Å²) in [4.78, 5) is 33.4. The predicted molar refractivity (Wildman–Crippen MR) is 165 cm³/mol. The number of benzene rings is 3. The van der Waals surface area contributed by atoms with Crippen molar-refractivity contribution in [3.63, 3.8) is 0 Å². The van der Waals surface area contributed by atoms with E-state index >= 15 is 0 Å². The van der Waals surface area contributed by atoms with Gasteiger partial charge in [0.15, 0.2) is 0 Å². The summed E-state index contributed by atoms with van der Waals surface area (Å²) in [6.45, 7) is 3.29. The van der Waals surface area contributed by atoms with Gasteiger partial charge in [-0.25, -0.2) is 4.98 Å². The molecule has 41 heavy (non-hydrogen) atoms. The van der Waals surface area contributed by atoms with Crippen LogP contribution in [0.3, 0.4) is 0 Å². The number of hydrogen-bond acceptors (Lipinski definition) is 4. The van der Waals surface area contributed by atoms with Gasteiger partial charge < -0.3 is 10.6 Å². The highest BCUT2D eigenvalue weighted by Crippen LogP contribution is 2.29. The summed E-state index contributed by atoms with van der Waals surface area (Å²) in [5, 5.41) is 7.53. The number of hydrogen-bond donors (Lipinski definition) is 2. The number of carbonyl (C=O) groups excluding carboxylic acids is 2. The van der Waals surface area contributed by atoms with Gasteiger partial charge in [0.05, 0.1) is 11.4 Å². The number of amides is 2. The Morgan fingerprint density at radius 2 is 1.66 bits per heavy atom. The molecule has 210 valence electrons. The molecule has 2 heterocycles. The number of aromatic nitrogens is 1. The van der Waals surface area contributed by atoms with Crippen molar-refractivity contribution < 1.29 is 9.59 Å². The van der Waals surface area contributed by atoms with E-state index in [9.17, 15) is 9.59 Å². The van der Waals surface area contributed by atoms with Crippen molar-refractivity contribution in [3.05, 3.63) is 95.1 Å². The summed E-state index contributed by atoms with van der Waals surface area (Å²) in [6.07, 6.45) is 6.04. The highest BCUT2D eigenvalue weighted by Gasteiger charge is 2.32. The summed E-state index contributed by atoms with van der Waals surface area (Å²) in [5.74, 6) is -0.507. The van der Waals surface area contributed by atoms with Gasteiger partial charge in [-0.2, -0.15) is 0 Å². The van der Waals surface area contributed by atoms with E-state index in [1.54, 1.807) is 18.2 Å². The van der Waals surface area contributed by atoms with E-state index in [2.05, 4.69) is 56.9 Å². The zero-order valence-electron chi connectivity index (χ0n) is 23.1. The van der Waals surface area contributed by atoms with E-state index in [4.69, 9.17) is 11.6 Å². The van der Waals surface area contributed by atoms with Crippen molar-refractivity contribution in [1.29, 1.82) is 0 Å². The minimum absolute atomic E-state index is 0.0467. The fourth-order valence-corrected chi connectivity index (χ4v) is 6.35. The van der Waals surface area contributed by atoms with Gasteiger partial charge in [-0.15, -0.1) is 0 Å². The molecule has 2 N–H and O–H groups in total. The van der Waals surface area contributed by atoms with Crippen LogP contribution >= 0.6 is 11.6 Å². The molecule has 1 aliphatic carbocycles. The van der Waals surface area contributed by atoms with E-state index < -0.39 is 0 Å². The van der Waals surface area contributed by atoms with Crippen LogP contribution in [0.4, 0.5) is 5.69 Å². The van der Waals surface area contributed by atoms with Crippen LogP contribution in [0.2, 0.25) is 5.15 Å². The smallest absolute Gasteiger partial charge is 0.251 e. The van der Waals surface area contributed by atoms with Gasteiger partial charge in [0.25, 0.3) is 5.91 Å². The van der Waals surface area contributed by atoms with Crippen molar-refractivity contribution >= 4 is 40.0 Å². The topological polar surface area (TPSA) is 74.3 Å². The molecule has 0 unspecified atom stereocenters. The Bertz CT molecular complexity index is 1550. The minimum atomic E-state index is -0.283. The molecule has 2 aliphatic rings. The number of rotatable bonds is 7. The van der Waals surface area contributed by atoms with Crippen LogP contribution in [-0.2, 0) is 11.3 Å². The second kappa shape index (κ2) is 12.4. The third-order valence-electron chi connectivity index (χ3n) is 8.41. The number of nitrogens with zero attached hydrogens (tertiary/aromatic N) is 2. The summed E-state index contributed by atoms with van der Waals surface area (Å²) in [6, 6.07) is 25.4. The van der Waals surface area contributed by atoms with Gasteiger partial charge in [0, 0.05) is 29.2 Å². The highest BCUT2D eigenvalue weighted by molar-refractivity contribution is 6.29. The molecule has 4 aromatic rings. The Morgan fingerprint density at radius 3 is 2.49 bits per heavy atom. The lowest BCUT2D eigenvalue weighted by Crippen LogP contribution is -2.46. The van der Waals surface area contributed by atoms with Crippen LogP contribution < -0.4 is 10.6 Å². The Balaban J connectivity index is 1.11. The van der Waals surface area contributed by atoms with Crippen molar-refractivity contribution in [2.24, 2.45) is 5.92 Å². The molecule has 6 nitrogen and oxygen atoms in total. The van der Waals surface area contributed by atoms with E-state index in [0.29, 0.717) is 10.7 Å². The predicted octanol–water partition coefficient (Wildman–Crippen LogP) is 7.08. The van der Waals surface area contributed by atoms with Gasteiger partial charge in [0.2, 0.25) is 5.91 Å². The van der Waals surface area contributed by atoms with Gasteiger partial charge in [-0.05, 0) is 97.9 Å². The molecule has 0 spiro atoms. The average Bonchev–Trinajstić information content (AvgIpc) is 3.51. The molecule has 1 aromatic heterocycles. The third-order valence-corrected chi connectivity index (χ3v) is 8.62. The highest BCUT2D eigenvalue weighted by atomic mass is 35.5. The Hall–Kier alpha value is -3.74. The lowest BCUT2D eigenvalue weighted by Gasteiger charge is -2.31. The fourth-order valence-electron chi connectivity index (χ4n) is 6.20. The lowest BCUT2D eigenvalue weighted by molar-refractivity contribution is -0.121. The van der Waals surface area contributed by atoms with E-state index in [-0.39, 0.29) is 23.8 Å². The first-order chi connectivity index (χ1) is 20.0. The van der Waals surface area contributed by atoms with E-state index in [1.165, 1.54) is 24.0 Å². The van der Waals surface area contributed by atoms with Crippen molar-refractivity contribution in [2.45, 2.75) is 51.1 Å². The third kappa shape index (κ3) is 6.45. The molecule has 7 heteroatoms. The molecule has 2 amide bonds. The second-order valence-corrected chi connectivity index (χ2v) is 11.6. The van der Waals surface area contributed by atoms with Gasteiger partial charge >= 0.3 is 0 Å². The average molecular weight is 567 g/mol. The van der Waals surface area contributed by atoms with Gasteiger partial charge in [-0.1, -0.05) is 60.8 Å².